The van der Waals surface area contributed by atoms with Gasteiger partial charge in [-0.05, 0) is 36.2 Å². The third-order valence-electron chi connectivity index (χ3n) is 2.48. The van der Waals surface area contributed by atoms with Gasteiger partial charge in [-0.15, -0.1) is 5.10 Å². The number of aromatic nitrogens is 2. The first-order valence-electron chi connectivity index (χ1n) is 5.04. The predicted octanol–water partition coefficient (Wildman–Crippen LogP) is 2.64. The Balaban J connectivity index is 2.13. The van der Waals surface area contributed by atoms with Gasteiger partial charge in [0.15, 0.2) is 5.78 Å². The molecule has 1 fully saturated rings. The Morgan fingerprint density at radius 3 is 2.86 bits per heavy atom. The second kappa shape index (κ2) is 3.77. The molecule has 0 saturated heterocycles. The first-order chi connectivity index (χ1) is 6.68. The van der Waals surface area contributed by atoms with E-state index in [0.29, 0.717) is 18.3 Å². The average Bonchev–Trinajstić information content (AvgIpc) is 2.81. The van der Waals surface area contributed by atoms with Gasteiger partial charge in [-0.3, -0.25) is 4.79 Å². The van der Waals surface area contributed by atoms with Crippen molar-refractivity contribution in [2.45, 2.75) is 39.0 Å². The van der Waals surface area contributed by atoms with Crippen LogP contribution in [-0.4, -0.2) is 15.4 Å². The van der Waals surface area contributed by atoms with Crippen molar-refractivity contribution < 1.29 is 4.79 Å². The molecule has 1 heterocycles. The summed E-state index contributed by atoms with van der Waals surface area (Å²) in [6.45, 7) is 4.09. The molecule has 4 heteroatoms. The third kappa shape index (κ3) is 2.00. The molecule has 0 bridgehead atoms. The molecule has 0 atom stereocenters. The molecule has 0 amide bonds. The van der Waals surface area contributed by atoms with Crippen LogP contribution in [0.2, 0.25) is 0 Å². The lowest BCUT2D eigenvalue weighted by atomic mass is 10.1. The van der Waals surface area contributed by atoms with E-state index in [1.54, 1.807) is 0 Å². The summed E-state index contributed by atoms with van der Waals surface area (Å²) in [6, 6.07) is 0. The summed E-state index contributed by atoms with van der Waals surface area (Å²) in [7, 11) is 0. The molecule has 1 aliphatic carbocycles. The molecule has 0 radical (unpaired) electrons. The summed E-state index contributed by atoms with van der Waals surface area (Å²) in [5.41, 5.74) is 0.876. The van der Waals surface area contributed by atoms with E-state index < -0.39 is 0 Å². The van der Waals surface area contributed by atoms with Gasteiger partial charge in [0.05, 0.1) is 5.69 Å². The number of rotatable bonds is 4. The van der Waals surface area contributed by atoms with E-state index >= 15 is 0 Å². The second-order valence-corrected chi connectivity index (χ2v) is 4.97. The third-order valence-corrected chi connectivity index (χ3v) is 3.27. The van der Waals surface area contributed by atoms with Gasteiger partial charge in [-0.2, -0.15) is 0 Å². The highest BCUT2D eigenvalue weighted by Crippen LogP contribution is 2.34. The van der Waals surface area contributed by atoms with Crippen molar-refractivity contribution >= 4 is 17.3 Å². The van der Waals surface area contributed by atoms with Crippen LogP contribution in [0, 0.1) is 5.92 Å². The highest BCUT2D eigenvalue weighted by atomic mass is 32.1. The molecule has 1 aromatic heterocycles. The summed E-state index contributed by atoms with van der Waals surface area (Å²) in [4.78, 5) is 12.6. The van der Waals surface area contributed by atoms with Crippen LogP contribution in [0.5, 0.6) is 0 Å². The van der Waals surface area contributed by atoms with Gasteiger partial charge in [0.2, 0.25) is 0 Å². The molecule has 2 rings (SSSR count). The Labute approximate surface area is 87.7 Å². The molecule has 76 valence electrons. The molecular weight excluding hydrogens is 196 g/mol. The first-order valence-corrected chi connectivity index (χ1v) is 5.81. The fourth-order valence-corrected chi connectivity index (χ4v) is 2.21. The van der Waals surface area contributed by atoms with Crippen molar-refractivity contribution in [1.82, 2.24) is 9.59 Å². The summed E-state index contributed by atoms with van der Waals surface area (Å²) < 4.78 is 3.86. The number of nitrogens with zero attached hydrogens (tertiary/aromatic N) is 2. The van der Waals surface area contributed by atoms with E-state index in [-0.39, 0.29) is 5.78 Å². The minimum absolute atomic E-state index is 0.242. The molecule has 0 N–H and O–H groups in total. The highest BCUT2D eigenvalue weighted by Gasteiger charge is 2.27. The van der Waals surface area contributed by atoms with Crippen LogP contribution in [0.25, 0.3) is 0 Å². The monoisotopic (exact) mass is 210 g/mol. The zero-order valence-corrected chi connectivity index (χ0v) is 9.30. The Morgan fingerprint density at radius 2 is 2.29 bits per heavy atom. The van der Waals surface area contributed by atoms with Gasteiger partial charge in [-0.25, -0.2) is 0 Å². The Kier molecular flexibility index (Phi) is 2.63. The zero-order valence-electron chi connectivity index (χ0n) is 8.49. The van der Waals surface area contributed by atoms with Crippen molar-refractivity contribution in [3.05, 3.63) is 10.6 Å². The Bertz CT molecular complexity index is 342. The van der Waals surface area contributed by atoms with E-state index in [1.165, 1.54) is 24.4 Å². The number of carbonyl (C=O) groups excluding carboxylic acids is 1. The van der Waals surface area contributed by atoms with E-state index in [1.807, 2.05) is 13.8 Å². The normalized spacial score (nSPS) is 16.2. The maximum atomic E-state index is 11.8. The maximum absolute atomic E-state index is 11.8. The SMILES string of the molecule is CC(C)c1nnsc1C(=O)CC1CC1. The quantitative estimate of drug-likeness (QED) is 0.717. The van der Waals surface area contributed by atoms with Crippen molar-refractivity contribution in [2.24, 2.45) is 5.92 Å². The van der Waals surface area contributed by atoms with E-state index in [0.717, 1.165) is 10.6 Å². The minimum Gasteiger partial charge on any atom is -0.293 e. The van der Waals surface area contributed by atoms with E-state index in [9.17, 15) is 4.79 Å². The smallest absolute Gasteiger partial charge is 0.176 e. The molecule has 3 nitrogen and oxygen atoms in total. The largest absolute Gasteiger partial charge is 0.293 e. The summed E-state index contributed by atoms with van der Waals surface area (Å²) in [6.07, 6.45) is 3.13. The van der Waals surface area contributed by atoms with E-state index in [4.69, 9.17) is 0 Å². The number of hydrogen-bond acceptors (Lipinski definition) is 4. The van der Waals surface area contributed by atoms with Crippen LogP contribution in [0.3, 0.4) is 0 Å². The lowest BCUT2D eigenvalue weighted by molar-refractivity contribution is 0.0978. The lowest BCUT2D eigenvalue weighted by Crippen LogP contribution is -2.03. The molecule has 0 spiro atoms. The number of hydrogen-bond donors (Lipinski definition) is 0. The molecule has 0 unspecified atom stereocenters. The van der Waals surface area contributed by atoms with E-state index in [2.05, 4.69) is 9.59 Å². The second-order valence-electron chi connectivity index (χ2n) is 4.21. The predicted molar refractivity (Wildman–Crippen MR) is 55.7 cm³/mol. The Morgan fingerprint density at radius 1 is 1.57 bits per heavy atom. The number of carbonyl (C=O) groups is 1. The lowest BCUT2D eigenvalue weighted by Gasteiger charge is -2.01. The van der Waals surface area contributed by atoms with Gasteiger partial charge < -0.3 is 0 Å². The molecule has 1 saturated carbocycles. The van der Waals surface area contributed by atoms with Crippen molar-refractivity contribution in [2.75, 3.05) is 0 Å². The van der Waals surface area contributed by atoms with Crippen LogP contribution in [0.1, 0.15) is 54.4 Å². The van der Waals surface area contributed by atoms with Crippen molar-refractivity contribution in [1.29, 1.82) is 0 Å². The number of Topliss-reactive ketones (excluding diaryl/α,β-unsaturated/α-hetero) is 1. The molecule has 1 aliphatic rings. The van der Waals surface area contributed by atoms with Gasteiger partial charge in [0, 0.05) is 6.42 Å². The maximum Gasteiger partial charge on any atom is 0.176 e. The molecule has 14 heavy (non-hydrogen) atoms. The summed E-state index contributed by atoms with van der Waals surface area (Å²) in [5.74, 6) is 1.18. The first kappa shape index (κ1) is 9.77. The summed E-state index contributed by atoms with van der Waals surface area (Å²) >= 11 is 1.25. The minimum atomic E-state index is 0.242. The van der Waals surface area contributed by atoms with Gasteiger partial charge >= 0.3 is 0 Å². The fraction of sp³-hybridized carbons (Fsp3) is 0.700. The van der Waals surface area contributed by atoms with Gasteiger partial charge in [0.1, 0.15) is 4.88 Å². The molecular formula is C10H14N2OS. The standard InChI is InChI=1S/C10H14N2OS/c1-6(2)9-10(14-12-11-9)8(13)5-7-3-4-7/h6-7H,3-5H2,1-2H3. The van der Waals surface area contributed by atoms with Crippen LogP contribution in [0.4, 0.5) is 0 Å². The molecule has 1 aromatic rings. The van der Waals surface area contributed by atoms with Crippen LogP contribution in [0.15, 0.2) is 0 Å². The fourth-order valence-electron chi connectivity index (χ4n) is 1.45. The van der Waals surface area contributed by atoms with Crippen LogP contribution < -0.4 is 0 Å². The molecule has 0 aromatic carbocycles. The van der Waals surface area contributed by atoms with Gasteiger partial charge in [0.25, 0.3) is 0 Å². The van der Waals surface area contributed by atoms with Crippen LogP contribution >= 0.6 is 11.5 Å². The summed E-state index contributed by atoms with van der Waals surface area (Å²) in [5, 5.41) is 4.01. The van der Waals surface area contributed by atoms with Crippen LogP contribution in [-0.2, 0) is 0 Å². The van der Waals surface area contributed by atoms with Gasteiger partial charge in [-0.1, -0.05) is 18.3 Å². The Hall–Kier alpha value is -0.770. The average molecular weight is 210 g/mol. The molecule has 0 aliphatic heterocycles. The number of ketones is 1. The highest BCUT2D eigenvalue weighted by molar-refractivity contribution is 7.08. The topological polar surface area (TPSA) is 42.9 Å². The van der Waals surface area contributed by atoms with Crippen molar-refractivity contribution in [3.8, 4) is 0 Å². The zero-order chi connectivity index (χ0) is 10.1. The van der Waals surface area contributed by atoms with Crippen molar-refractivity contribution in [3.63, 3.8) is 0 Å².